The second-order valence-electron chi connectivity index (χ2n) is 7.66. The zero-order valence-corrected chi connectivity index (χ0v) is 14.9. The van der Waals surface area contributed by atoms with Crippen LogP contribution in [-0.2, 0) is 11.3 Å². The number of hydrogen-bond acceptors (Lipinski definition) is 2. The van der Waals surface area contributed by atoms with Crippen LogP contribution in [0.1, 0.15) is 51.0 Å². The molecule has 0 aliphatic heterocycles. The lowest BCUT2D eigenvalue weighted by Gasteiger charge is -2.36. The topological polar surface area (TPSA) is 23.6 Å². The molecule has 1 amide bonds. The lowest BCUT2D eigenvalue weighted by Crippen LogP contribution is -2.45. The van der Waals surface area contributed by atoms with E-state index >= 15 is 0 Å². The summed E-state index contributed by atoms with van der Waals surface area (Å²) in [5.41, 5.74) is 0.581. The molecule has 132 valence electrons. The first-order chi connectivity index (χ1) is 11.5. The van der Waals surface area contributed by atoms with Crippen LogP contribution in [-0.4, -0.2) is 41.4 Å². The van der Waals surface area contributed by atoms with Gasteiger partial charge in [-0.05, 0) is 50.5 Å². The Bertz CT molecular complexity index is 565. The normalized spacial score (nSPS) is 24.2. The maximum atomic E-state index is 13.8. The molecule has 0 spiro atoms. The summed E-state index contributed by atoms with van der Waals surface area (Å²) < 4.78 is 13.8. The third-order valence-electron chi connectivity index (χ3n) is 5.58. The van der Waals surface area contributed by atoms with E-state index in [0.29, 0.717) is 30.7 Å². The SMILES string of the molecule is CC1CCC(N(CC(=O)N(C)Cc2ccccc2F)C2CC2)CC1. The Kier molecular flexibility index (Phi) is 5.54. The van der Waals surface area contributed by atoms with Gasteiger partial charge in [-0.1, -0.05) is 25.1 Å². The van der Waals surface area contributed by atoms with Gasteiger partial charge in [0.25, 0.3) is 0 Å². The van der Waals surface area contributed by atoms with Gasteiger partial charge in [0.05, 0.1) is 6.54 Å². The second-order valence-corrected chi connectivity index (χ2v) is 7.66. The minimum Gasteiger partial charge on any atom is -0.340 e. The highest BCUT2D eigenvalue weighted by atomic mass is 19.1. The second kappa shape index (κ2) is 7.64. The fraction of sp³-hybridized carbons (Fsp3) is 0.650. The molecule has 0 heterocycles. The van der Waals surface area contributed by atoms with Crippen LogP contribution in [0.4, 0.5) is 4.39 Å². The highest BCUT2D eigenvalue weighted by Gasteiger charge is 2.36. The van der Waals surface area contributed by atoms with Crippen LogP contribution in [0.3, 0.4) is 0 Å². The average molecular weight is 332 g/mol. The van der Waals surface area contributed by atoms with Crippen molar-refractivity contribution in [1.82, 2.24) is 9.80 Å². The summed E-state index contributed by atoms with van der Waals surface area (Å²) >= 11 is 0. The van der Waals surface area contributed by atoms with Gasteiger partial charge in [0.2, 0.25) is 5.91 Å². The fourth-order valence-electron chi connectivity index (χ4n) is 3.78. The van der Waals surface area contributed by atoms with Gasteiger partial charge in [-0.3, -0.25) is 9.69 Å². The molecule has 3 rings (SSSR count). The molecule has 2 saturated carbocycles. The standard InChI is InChI=1S/C20H29FN2O/c1-15-7-9-17(10-8-15)23(18-11-12-18)14-20(24)22(2)13-16-5-3-4-6-19(16)21/h3-6,15,17-18H,7-14H2,1-2H3. The molecule has 0 bridgehead atoms. The molecular weight excluding hydrogens is 303 g/mol. The maximum absolute atomic E-state index is 13.8. The third kappa shape index (κ3) is 4.35. The van der Waals surface area contributed by atoms with Crippen molar-refractivity contribution in [1.29, 1.82) is 0 Å². The summed E-state index contributed by atoms with van der Waals surface area (Å²) in [5.74, 6) is 0.683. The number of hydrogen-bond donors (Lipinski definition) is 0. The molecule has 0 saturated heterocycles. The summed E-state index contributed by atoms with van der Waals surface area (Å²) in [4.78, 5) is 16.8. The van der Waals surface area contributed by atoms with Gasteiger partial charge in [-0.25, -0.2) is 4.39 Å². The predicted molar refractivity (Wildman–Crippen MR) is 94.0 cm³/mol. The number of rotatable bonds is 6. The Morgan fingerprint density at radius 1 is 1.08 bits per heavy atom. The van der Waals surface area contributed by atoms with E-state index in [0.717, 1.165) is 5.92 Å². The van der Waals surface area contributed by atoms with Gasteiger partial charge in [-0.2, -0.15) is 0 Å². The molecule has 0 radical (unpaired) electrons. The first kappa shape index (κ1) is 17.4. The Morgan fingerprint density at radius 2 is 1.67 bits per heavy atom. The molecule has 0 aromatic heterocycles. The number of nitrogens with zero attached hydrogens (tertiary/aromatic N) is 2. The number of halogens is 1. The van der Waals surface area contributed by atoms with E-state index in [1.54, 1.807) is 24.1 Å². The zero-order chi connectivity index (χ0) is 17.1. The summed E-state index contributed by atoms with van der Waals surface area (Å²) in [7, 11) is 1.78. The van der Waals surface area contributed by atoms with Gasteiger partial charge >= 0.3 is 0 Å². The number of carbonyl (C=O) groups is 1. The molecule has 0 unspecified atom stereocenters. The van der Waals surface area contributed by atoms with Crippen molar-refractivity contribution in [3.8, 4) is 0 Å². The Hall–Kier alpha value is -1.42. The van der Waals surface area contributed by atoms with E-state index in [2.05, 4.69) is 11.8 Å². The summed E-state index contributed by atoms with van der Waals surface area (Å²) in [6.07, 6.45) is 7.40. The molecular formula is C20H29FN2O. The first-order valence-electron chi connectivity index (χ1n) is 9.27. The lowest BCUT2D eigenvalue weighted by atomic mass is 9.86. The molecule has 1 aromatic carbocycles. The lowest BCUT2D eigenvalue weighted by molar-refractivity contribution is -0.132. The average Bonchev–Trinajstić information content (AvgIpc) is 3.40. The monoisotopic (exact) mass is 332 g/mol. The van der Waals surface area contributed by atoms with Gasteiger partial charge in [0.15, 0.2) is 0 Å². The molecule has 2 aliphatic rings. The van der Waals surface area contributed by atoms with Crippen LogP contribution in [0.5, 0.6) is 0 Å². The fourth-order valence-corrected chi connectivity index (χ4v) is 3.78. The minimum absolute atomic E-state index is 0.101. The Balaban J connectivity index is 1.58. The molecule has 24 heavy (non-hydrogen) atoms. The maximum Gasteiger partial charge on any atom is 0.236 e. The highest BCUT2D eigenvalue weighted by Crippen LogP contribution is 2.35. The van der Waals surface area contributed by atoms with Gasteiger partial charge in [-0.15, -0.1) is 0 Å². The Labute approximate surface area is 144 Å². The van der Waals surface area contributed by atoms with E-state index in [1.165, 1.54) is 44.6 Å². The third-order valence-corrected chi connectivity index (χ3v) is 5.58. The van der Waals surface area contributed by atoms with Crippen LogP contribution in [0, 0.1) is 11.7 Å². The molecule has 2 aliphatic carbocycles. The smallest absolute Gasteiger partial charge is 0.236 e. The van der Waals surface area contributed by atoms with Crippen molar-refractivity contribution in [2.75, 3.05) is 13.6 Å². The summed E-state index contributed by atoms with van der Waals surface area (Å²) in [6.45, 7) is 3.14. The van der Waals surface area contributed by atoms with E-state index in [-0.39, 0.29) is 11.7 Å². The Morgan fingerprint density at radius 3 is 2.25 bits per heavy atom. The van der Waals surface area contributed by atoms with Crippen molar-refractivity contribution in [2.45, 2.75) is 64.1 Å². The van der Waals surface area contributed by atoms with E-state index in [1.807, 2.05) is 6.07 Å². The molecule has 2 fully saturated rings. The van der Waals surface area contributed by atoms with Crippen LogP contribution in [0.2, 0.25) is 0 Å². The van der Waals surface area contributed by atoms with Gasteiger partial charge in [0.1, 0.15) is 5.82 Å². The zero-order valence-electron chi connectivity index (χ0n) is 14.9. The molecule has 3 nitrogen and oxygen atoms in total. The van der Waals surface area contributed by atoms with E-state index < -0.39 is 0 Å². The number of amides is 1. The number of likely N-dealkylation sites (N-methyl/N-ethyl adjacent to an activating group) is 1. The molecule has 4 heteroatoms. The van der Waals surface area contributed by atoms with E-state index in [4.69, 9.17) is 0 Å². The highest BCUT2D eigenvalue weighted by molar-refractivity contribution is 5.78. The summed E-state index contributed by atoms with van der Waals surface area (Å²) in [5, 5.41) is 0. The van der Waals surface area contributed by atoms with Gasteiger partial charge in [0, 0.05) is 31.2 Å². The van der Waals surface area contributed by atoms with Crippen LogP contribution >= 0.6 is 0 Å². The van der Waals surface area contributed by atoms with Crippen LogP contribution in [0.25, 0.3) is 0 Å². The van der Waals surface area contributed by atoms with E-state index in [9.17, 15) is 9.18 Å². The van der Waals surface area contributed by atoms with Crippen molar-refractivity contribution in [3.63, 3.8) is 0 Å². The quantitative estimate of drug-likeness (QED) is 0.790. The van der Waals surface area contributed by atoms with Crippen molar-refractivity contribution < 1.29 is 9.18 Å². The summed E-state index contributed by atoms with van der Waals surface area (Å²) in [6, 6.07) is 7.85. The largest absolute Gasteiger partial charge is 0.340 e. The predicted octanol–water partition coefficient (Wildman–Crippen LogP) is 3.83. The first-order valence-corrected chi connectivity index (χ1v) is 9.27. The van der Waals surface area contributed by atoms with Crippen LogP contribution in [0.15, 0.2) is 24.3 Å². The van der Waals surface area contributed by atoms with Crippen LogP contribution < -0.4 is 0 Å². The molecule has 0 N–H and O–H groups in total. The number of carbonyl (C=O) groups excluding carboxylic acids is 1. The van der Waals surface area contributed by atoms with Crippen molar-refractivity contribution in [2.24, 2.45) is 5.92 Å². The minimum atomic E-state index is -0.238. The van der Waals surface area contributed by atoms with Crippen molar-refractivity contribution >= 4 is 5.91 Å². The number of benzene rings is 1. The van der Waals surface area contributed by atoms with Gasteiger partial charge < -0.3 is 4.90 Å². The van der Waals surface area contributed by atoms with Crippen molar-refractivity contribution in [3.05, 3.63) is 35.6 Å². The molecule has 1 aromatic rings. The molecule has 0 atom stereocenters.